The summed E-state index contributed by atoms with van der Waals surface area (Å²) in [6.07, 6.45) is 0. The maximum absolute atomic E-state index is 13.9. The fraction of sp³-hybridized carbons (Fsp3) is 0.211. The van der Waals surface area contributed by atoms with Crippen LogP contribution in [0.25, 0.3) is 10.8 Å². The summed E-state index contributed by atoms with van der Waals surface area (Å²) >= 11 is 3.07. The molecule has 3 aromatic rings. The zero-order valence-electron chi connectivity index (χ0n) is 15.0. The van der Waals surface area contributed by atoms with Crippen LogP contribution in [-0.4, -0.2) is 34.4 Å². The third-order valence-electron chi connectivity index (χ3n) is 4.92. The van der Waals surface area contributed by atoms with Crippen LogP contribution in [0.1, 0.15) is 27.8 Å². The van der Waals surface area contributed by atoms with E-state index < -0.39 is 34.7 Å². The summed E-state index contributed by atoms with van der Waals surface area (Å²) in [5, 5.41) is 0.187. The summed E-state index contributed by atoms with van der Waals surface area (Å²) < 4.78 is 33.4. The summed E-state index contributed by atoms with van der Waals surface area (Å²) in [6, 6.07) is 4.01. The van der Waals surface area contributed by atoms with E-state index in [1.807, 2.05) is 0 Å². The van der Waals surface area contributed by atoms with Crippen molar-refractivity contribution in [1.82, 2.24) is 14.9 Å². The topological polar surface area (TPSA) is 95.3 Å². The fourth-order valence-corrected chi connectivity index (χ4v) is 3.69. The van der Waals surface area contributed by atoms with Crippen molar-refractivity contribution in [3.05, 3.63) is 78.0 Å². The molecule has 2 N–H and O–H groups in total. The van der Waals surface area contributed by atoms with Gasteiger partial charge in [-0.15, -0.1) is 0 Å². The highest BCUT2D eigenvalue weighted by Gasteiger charge is 2.31. The molecule has 0 fully saturated rings. The van der Waals surface area contributed by atoms with Crippen molar-refractivity contribution in [2.75, 3.05) is 13.7 Å². The van der Waals surface area contributed by atoms with Crippen LogP contribution in [0.4, 0.5) is 8.78 Å². The Hall–Kier alpha value is -2.85. The molecule has 1 amide bonds. The molecule has 150 valence electrons. The summed E-state index contributed by atoms with van der Waals surface area (Å²) in [6.45, 7) is 0.142. The minimum Gasteiger partial charge on any atom is -0.373 e. The molecule has 1 aliphatic heterocycles. The van der Waals surface area contributed by atoms with Crippen LogP contribution in [0.2, 0.25) is 0 Å². The molecule has 0 saturated heterocycles. The SMILES string of the molecule is CN(C(=O)c1ccc(Br)c(=O)[nH]1)[C@H]1COCc2[nH]c(=O)c3cc(F)c(F)cc3c21. The van der Waals surface area contributed by atoms with Gasteiger partial charge in [-0.2, -0.15) is 0 Å². The van der Waals surface area contributed by atoms with E-state index in [0.29, 0.717) is 11.3 Å². The monoisotopic (exact) mass is 465 g/mol. The second-order valence-electron chi connectivity index (χ2n) is 6.65. The molecule has 0 radical (unpaired) electrons. The Labute approximate surface area is 170 Å². The third-order valence-corrected chi connectivity index (χ3v) is 5.54. The van der Waals surface area contributed by atoms with Crippen molar-refractivity contribution < 1.29 is 18.3 Å². The molecule has 4 rings (SSSR count). The average molecular weight is 466 g/mol. The lowest BCUT2D eigenvalue weighted by Crippen LogP contribution is -2.38. The number of carbonyl (C=O) groups is 1. The highest BCUT2D eigenvalue weighted by atomic mass is 79.9. The van der Waals surface area contributed by atoms with Gasteiger partial charge in [0.05, 0.1) is 29.1 Å². The number of H-pyrrole nitrogens is 2. The first-order chi connectivity index (χ1) is 13.8. The molecule has 0 saturated carbocycles. The van der Waals surface area contributed by atoms with Crippen LogP contribution in [0.15, 0.2) is 38.3 Å². The quantitative estimate of drug-likeness (QED) is 0.607. The number of ether oxygens (including phenoxy) is 1. The lowest BCUT2D eigenvalue weighted by Gasteiger charge is -2.33. The molecule has 0 aliphatic carbocycles. The van der Waals surface area contributed by atoms with Gasteiger partial charge in [-0.25, -0.2) is 8.78 Å². The Morgan fingerprint density at radius 3 is 2.52 bits per heavy atom. The molecule has 3 heterocycles. The lowest BCUT2D eigenvalue weighted by molar-refractivity contribution is 0.0332. The normalized spacial score (nSPS) is 15.9. The molecule has 0 spiro atoms. The van der Waals surface area contributed by atoms with Gasteiger partial charge in [0.25, 0.3) is 17.0 Å². The van der Waals surface area contributed by atoms with Crippen molar-refractivity contribution in [3.8, 4) is 0 Å². The number of hydrogen-bond acceptors (Lipinski definition) is 4. The van der Waals surface area contributed by atoms with E-state index >= 15 is 0 Å². The highest BCUT2D eigenvalue weighted by Crippen LogP contribution is 2.34. The smallest absolute Gasteiger partial charge is 0.270 e. The summed E-state index contributed by atoms with van der Waals surface area (Å²) in [4.78, 5) is 43.5. The maximum atomic E-state index is 13.9. The minimum atomic E-state index is -1.14. The zero-order chi connectivity index (χ0) is 20.9. The number of amides is 1. The van der Waals surface area contributed by atoms with Crippen molar-refractivity contribution in [2.24, 2.45) is 0 Å². The predicted molar refractivity (Wildman–Crippen MR) is 104 cm³/mol. The molecule has 1 atom stereocenters. The molecule has 2 aromatic heterocycles. The van der Waals surface area contributed by atoms with E-state index in [2.05, 4.69) is 25.9 Å². The second-order valence-corrected chi connectivity index (χ2v) is 7.51. The number of rotatable bonds is 2. The standard InChI is InChI=1S/C19H14BrF2N3O4/c1-25(19(28)13-3-2-10(20)18(27)23-13)15-7-29-6-14-16(15)8-4-11(21)12(22)5-9(8)17(26)24-14/h2-5,15H,6-7H2,1H3,(H,23,27)(H,24,26)/t15-/m0/s1. The molecule has 0 unspecified atom stereocenters. The van der Waals surface area contributed by atoms with E-state index in [1.54, 1.807) is 0 Å². The fourth-order valence-electron chi connectivity index (χ4n) is 3.46. The zero-order valence-corrected chi connectivity index (χ0v) is 16.6. The molecule has 1 aromatic carbocycles. The van der Waals surface area contributed by atoms with Gasteiger partial charge in [-0.3, -0.25) is 14.4 Å². The van der Waals surface area contributed by atoms with Gasteiger partial charge in [0.15, 0.2) is 11.6 Å². The Bertz CT molecular complexity index is 1270. The van der Waals surface area contributed by atoms with Crippen LogP contribution in [-0.2, 0) is 11.3 Å². The second kappa shape index (κ2) is 7.20. The molecule has 10 heteroatoms. The number of fused-ring (bicyclic) bond motifs is 3. The van der Waals surface area contributed by atoms with Gasteiger partial charge in [-0.05, 0) is 45.6 Å². The average Bonchev–Trinajstić information content (AvgIpc) is 2.70. The number of nitrogens with zero attached hydrogens (tertiary/aromatic N) is 1. The molecule has 7 nitrogen and oxygen atoms in total. The summed E-state index contributed by atoms with van der Waals surface area (Å²) in [7, 11) is 1.50. The Balaban J connectivity index is 1.85. The number of benzene rings is 1. The van der Waals surface area contributed by atoms with Gasteiger partial charge in [0.1, 0.15) is 5.69 Å². The Morgan fingerprint density at radius 1 is 1.14 bits per heavy atom. The number of carbonyl (C=O) groups excluding carboxylic acids is 1. The lowest BCUT2D eigenvalue weighted by atomic mass is 9.95. The molecule has 29 heavy (non-hydrogen) atoms. The first kappa shape index (κ1) is 19.5. The number of pyridine rings is 2. The van der Waals surface area contributed by atoms with Crippen molar-refractivity contribution in [3.63, 3.8) is 0 Å². The van der Waals surface area contributed by atoms with E-state index in [0.717, 1.165) is 12.1 Å². The molecule has 1 aliphatic rings. The summed E-state index contributed by atoms with van der Waals surface area (Å²) in [5.74, 6) is -2.73. The summed E-state index contributed by atoms with van der Waals surface area (Å²) in [5.41, 5.74) is -0.127. The van der Waals surface area contributed by atoms with E-state index in [-0.39, 0.29) is 34.2 Å². The van der Waals surface area contributed by atoms with E-state index in [1.165, 1.54) is 24.1 Å². The predicted octanol–water partition coefficient (Wildman–Crippen LogP) is 2.60. The van der Waals surface area contributed by atoms with Crippen molar-refractivity contribution in [2.45, 2.75) is 12.6 Å². The number of hydrogen-bond donors (Lipinski definition) is 2. The maximum Gasteiger partial charge on any atom is 0.270 e. The highest BCUT2D eigenvalue weighted by molar-refractivity contribution is 9.10. The van der Waals surface area contributed by atoms with Crippen LogP contribution in [0.5, 0.6) is 0 Å². The molecular weight excluding hydrogens is 452 g/mol. The van der Waals surface area contributed by atoms with Gasteiger partial charge in [0.2, 0.25) is 0 Å². The van der Waals surface area contributed by atoms with Gasteiger partial charge < -0.3 is 19.6 Å². The number of nitrogens with one attached hydrogen (secondary N) is 2. The molecule has 0 bridgehead atoms. The van der Waals surface area contributed by atoms with Crippen LogP contribution in [0.3, 0.4) is 0 Å². The Morgan fingerprint density at radius 2 is 1.83 bits per heavy atom. The van der Waals surface area contributed by atoms with Crippen molar-refractivity contribution in [1.29, 1.82) is 0 Å². The number of aromatic amines is 2. The largest absolute Gasteiger partial charge is 0.373 e. The molecular formula is C19H14BrF2N3O4. The van der Waals surface area contributed by atoms with Gasteiger partial charge in [0, 0.05) is 18.3 Å². The van der Waals surface area contributed by atoms with Crippen LogP contribution in [0, 0.1) is 11.6 Å². The van der Waals surface area contributed by atoms with Gasteiger partial charge >= 0.3 is 0 Å². The van der Waals surface area contributed by atoms with Crippen LogP contribution < -0.4 is 11.1 Å². The first-order valence-electron chi connectivity index (χ1n) is 8.55. The minimum absolute atomic E-state index is 0.0209. The van der Waals surface area contributed by atoms with E-state index in [9.17, 15) is 23.2 Å². The number of aromatic nitrogens is 2. The third kappa shape index (κ3) is 3.28. The van der Waals surface area contributed by atoms with Crippen LogP contribution >= 0.6 is 15.9 Å². The number of halogens is 3. The van der Waals surface area contributed by atoms with E-state index in [4.69, 9.17) is 4.74 Å². The Kier molecular flexibility index (Phi) is 4.83. The first-order valence-corrected chi connectivity index (χ1v) is 9.34. The van der Waals surface area contributed by atoms with Crippen molar-refractivity contribution >= 4 is 32.6 Å². The van der Waals surface area contributed by atoms with Gasteiger partial charge in [-0.1, -0.05) is 0 Å². The number of likely N-dealkylation sites (N-methyl/N-ethyl adjacent to an activating group) is 1.